The molecule has 5 aromatic rings. The van der Waals surface area contributed by atoms with Crippen molar-refractivity contribution in [2.24, 2.45) is 5.92 Å². The van der Waals surface area contributed by atoms with E-state index in [0.29, 0.717) is 58.1 Å². The van der Waals surface area contributed by atoms with Gasteiger partial charge in [0, 0.05) is 53.3 Å². The van der Waals surface area contributed by atoms with Gasteiger partial charge in [0.25, 0.3) is 0 Å². The van der Waals surface area contributed by atoms with Crippen LogP contribution in [0.25, 0.3) is 10.9 Å². The lowest BCUT2D eigenvalue weighted by molar-refractivity contribution is -0.938. The van der Waals surface area contributed by atoms with Crippen LogP contribution in [0.5, 0.6) is 11.5 Å². The third-order valence-corrected chi connectivity index (χ3v) is 12.9. The number of aromatic hydroxyl groups is 1. The van der Waals surface area contributed by atoms with Crippen molar-refractivity contribution in [2.45, 2.75) is 82.3 Å². The van der Waals surface area contributed by atoms with Crippen molar-refractivity contribution in [3.8, 4) is 11.5 Å². The molecule has 0 radical (unpaired) electrons. The van der Waals surface area contributed by atoms with Crippen molar-refractivity contribution in [3.63, 3.8) is 0 Å². The summed E-state index contributed by atoms with van der Waals surface area (Å²) >= 11 is 6.46. The molecule has 8 rings (SSSR count). The van der Waals surface area contributed by atoms with Gasteiger partial charge in [0.15, 0.2) is 6.10 Å². The van der Waals surface area contributed by atoms with Crippen LogP contribution in [-0.4, -0.2) is 83.4 Å². The number of aliphatic hydroxyl groups excluding tert-OH is 1. The molecule has 4 aromatic carbocycles. The van der Waals surface area contributed by atoms with Crippen molar-refractivity contribution in [1.82, 2.24) is 10.3 Å². The van der Waals surface area contributed by atoms with E-state index in [-0.39, 0.29) is 41.5 Å². The fourth-order valence-electron chi connectivity index (χ4n) is 9.28. The van der Waals surface area contributed by atoms with Gasteiger partial charge < -0.3 is 34.5 Å². The molecule has 61 heavy (non-hydrogen) atoms. The Morgan fingerprint density at radius 2 is 1.56 bits per heavy atom. The van der Waals surface area contributed by atoms with Gasteiger partial charge in [-0.15, -0.1) is 0 Å². The van der Waals surface area contributed by atoms with Gasteiger partial charge in [-0.1, -0.05) is 104 Å². The Bertz CT molecular complexity index is 2290. The molecule has 4 N–H and O–H groups in total. The van der Waals surface area contributed by atoms with Crippen molar-refractivity contribution < 1.29 is 33.8 Å². The lowest BCUT2D eigenvalue weighted by Gasteiger charge is -2.51. The number of aliphatic hydroxyl groups is 1. The second kappa shape index (κ2) is 21.2. The molecule has 10 nitrogen and oxygen atoms in total. The number of pyridine rings is 1. The number of benzene rings is 4. The van der Waals surface area contributed by atoms with Crippen molar-refractivity contribution in [2.75, 3.05) is 45.9 Å². The summed E-state index contributed by atoms with van der Waals surface area (Å²) in [5.41, 5.74) is 3.36. The highest BCUT2D eigenvalue weighted by molar-refractivity contribution is 6.30. The van der Waals surface area contributed by atoms with E-state index in [4.69, 9.17) is 21.1 Å². The predicted octanol–water partition coefficient (Wildman–Crippen LogP) is 8.88. The van der Waals surface area contributed by atoms with Crippen molar-refractivity contribution in [1.29, 1.82) is 0 Å². The Hall–Kier alpha value is -5.00. The summed E-state index contributed by atoms with van der Waals surface area (Å²) in [6, 6.07) is 31.4. The van der Waals surface area contributed by atoms with Gasteiger partial charge >= 0.3 is 5.97 Å². The summed E-state index contributed by atoms with van der Waals surface area (Å²) < 4.78 is 13.2. The van der Waals surface area contributed by atoms with E-state index in [1.165, 1.54) is 12.1 Å². The van der Waals surface area contributed by atoms with Gasteiger partial charge in [0.05, 0.1) is 37.7 Å². The molecule has 0 saturated carbocycles. The van der Waals surface area contributed by atoms with Crippen LogP contribution in [0.2, 0.25) is 5.02 Å². The summed E-state index contributed by atoms with van der Waals surface area (Å²) in [6.45, 7) is 4.80. The number of nitrogens with one attached hydrogen (secondary N) is 2. The van der Waals surface area contributed by atoms with E-state index in [1.54, 1.807) is 12.1 Å². The molecule has 3 atom stereocenters. The van der Waals surface area contributed by atoms with Crippen LogP contribution in [0, 0.1) is 5.92 Å². The topological polar surface area (TPSA) is 138 Å². The van der Waals surface area contributed by atoms with Gasteiger partial charge in [0.2, 0.25) is 11.3 Å². The number of piperidine rings is 3. The number of esters is 1. The van der Waals surface area contributed by atoms with Crippen LogP contribution in [0.1, 0.15) is 103 Å². The first-order valence-electron chi connectivity index (χ1n) is 22.0. The molecule has 4 heterocycles. The number of carbonyl (C=O) groups excluding carboxylic acids is 2. The molecule has 1 aromatic heterocycles. The van der Waals surface area contributed by atoms with Crippen LogP contribution in [0.15, 0.2) is 108 Å². The SMILES string of the molecule is O=C(CC(c1cccc(Cl)c1)c1cccc(OCCCCCCCCCNC[C@H](O)c2ccc(O)c3[nH]c(=O)ccc23)c1)O[C@H]1C[N+]2(CC(=O)c3ccccc3)CCC1CC2. The van der Waals surface area contributed by atoms with Gasteiger partial charge in [-0.2, -0.15) is 0 Å². The number of quaternary nitrogens is 1. The molecule has 3 saturated heterocycles. The van der Waals surface area contributed by atoms with Crippen molar-refractivity contribution in [3.05, 3.63) is 141 Å². The summed E-state index contributed by atoms with van der Waals surface area (Å²) in [7, 11) is 0. The number of phenols is 1. The highest BCUT2D eigenvalue weighted by atomic mass is 35.5. The molecule has 3 aliphatic heterocycles. The third kappa shape index (κ3) is 11.9. The number of fused-ring (bicyclic) bond motifs is 4. The molecule has 0 amide bonds. The van der Waals surface area contributed by atoms with Crippen LogP contribution in [-0.2, 0) is 9.53 Å². The number of H-pyrrole nitrogens is 1. The first kappa shape index (κ1) is 44.1. The zero-order chi connectivity index (χ0) is 42.6. The number of ether oxygens (including phenoxy) is 2. The molecule has 0 spiro atoms. The first-order chi connectivity index (χ1) is 29.7. The number of hydrogen-bond acceptors (Lipinski definition) is 8. The fourth-order valence-corrected chi connectivity index (χ4v) is 9.48. The number of ketones is 1. The Kier molecular flexibility index (Phi) is 15.3. The smallest absolute Gasteiger partial charge is 0.307 e. The molecule has 3 fully saturated rings. The Morgan fingerprint density at radius 1 is 0.836 bits per heavy atom. The number of nitrogens with zero attached hydrogens (tertiary/aromatic N) is 1. The van der Waals surface area contributed by atoms with Crippen LogP contribution >= 0.6 is 11.6 Å². The first-order valence-corrected chi connectivity index (χ1v) is 22.4. The van der Waals surface area contributed by atoms with E-state index >= 15 is 0 Å². The Morgan fingerprint density at radius 3 is 2.33 bits per heavy atom. The quantitative estimate of drug-likeness (QED) is 0.0235. The minimum absolute atomic E-state index is 0.0168. The third-order valence-electron chi connectivity index (χ3n) is 12.7. The molecule has 0 aliphatic carbocycles. The van der Waals surface area contributed by atoms with Gasteiger partial charge in [0.1, 0.15) is 24.6 Å². The average molecular weight is 849 g/mol. The summed E-state index contributed by atoms with van der Waals surface area (Å²) in [4.78, 5) is 41.3. The van der Waals surface area contributed by atoms with E-state index in [1.807, 2.05) is 78.9 Å². The van der Waals surface area contributed by atoms with E-state index < -0.39 is 6.10 Å². The molecular weight excluding hydrogens is 790 g/mol. The number of carbonyl (C=O) groups is 2. The lowest BCUT2D eigenvalue weighted by atomic mass is 9.82. The van der Waals surface area contributed by atoms with E-state index in [9.17, 15) is 24.6 Å². The average Bonchev–Trinajstić information content (AvgIpc) is 3.26. The fraction of sp³-hybridized carbons (Fsp3) is 0.420. The standard InChI is InChI=1S/C50H58ClN3O7/c51-39-17-11-15-37(29-39)43(31-49(59)61-47-34-54(26-23-36(47)24-27-54)33-46(57)35-13-7-6-8-14-35)38-16-12-18-40(30-38)60-28-10-5-3-1-2-4-9-25-52-32-45(56)41-19-21-44(55)50-42(41)20-22-48(58)53-50/h6-8,11-22,29-30,36,43,45,47,52,56H,1-5,9-10,23-28,31-34H2,(H-,53,55,58)/p+1/t36?,43?,45-,47-,54?/m0/s1. The predicted molar refractivity (Wildman–Crippen MR) is 239 cm³/mol. The monoisotopic (exact) mass is 848 g/mol. The van der Waals surface area contributed by atoms with Crippen molar-refractivity contribution >= 4 is 34.3 Å². The van der Waals surface area contributed by atoms with Gasteiger partial charge in [-0.25, -0.2) is 0 Å². The molecule has 2 bridgehead atoms. The second-order valence-electron chi connectivity index (χ2n) is 17.0. The molecule has 322 valence electrons. The van der Waals surface area contributed by atoms with Crippen LogP contribution in [0.3, 0.4) is 0 Å². The minimum Gasteiger partial charge on any atom is -0.506 e. The maximum atomic E-state index is 13.8. The summed E-state index contributed by atoms with van der Waals surface area (Å²) in [5.74, 6) is 0.727. The molecule has 1 unspecified atom stereocenters. The van der Waals surface area contributed by atoms with Gasteiger partial charge in [-0.3, -0.25) is 14.4 Å². The Balaban J connectivity index is 0.824. The zero-order valence-corrected chi connectivity index (χ0v) is 35.7. The number of phenolic OH excluding ortho intramolecular Hbond substituents is 1. The maximum absolute atomic E-state index is 13.8. The number of rotatable bonds is 22. The molecule has 3 aliphatic rings. The number of halogens is 1. The Labute approximate surface area is 363 Å². The number of hydrogen-bond donors (Lipinski definition) is 4. The largest absolute Gasteiger partial charge is 0.506 e. The number of unbranched alkanes of at least 4 members (excludes halogenated alkanes) is 6. The highest BCUT2D eigenvalue weighted by Gasteiger charge is 2.48. The van der Waals surface area contributed by atoms with E-state index in [0.717, 1.165) is 99.9 Å². The number of aromatic nitrogens is 1. The zero-order valence-electron chi connectivity index (χ0n) is 34.9. The lowest BCUT2D eigenvalue weighted by Crippen LogP contribution is -2.65. The highest BCUT2D eigenvalue weighted by Crippen LogP contribution is 2.38. The van der Waals surface area contributed by atoms with Gasteiger partial charge in [-0.05, 0) is 72.5 Å². The maximum Gasteiger partial charge on any atom is 0.307 e. The van der Waals surface area contributed by atoms with Crippen LogP contribution in [0.4, 0.5) is 0 Å². The summed E-state index contributed by atoms with van der Waals surface area (Å²) in [6.07, 6.45) is 8.71. The summed E-state index contributed by atoms with van der Waals surface area (Å²) in [5, 5.41) is 25.4. The normalized spacial score (nSPS) is 19.4. The van der Waals surface area contributed by atoms with Crippen LogP contribution < -0.4 is 15.6 Å². The minimum atomic E-state index is -0.757. The second-order valence-corrected chi connectivity index (χ2v) is 17.4. The number of aromatic amines is 1. The molecule has 11 heteroatoms. The number of Topliss-reactive ketones (excluding diaryl/α,β-unsaturated/α-hetero) is 1. The molecular formula is C50H59ClN3O7+. The van der Waals surface area contributed by atoms with E-state index in [2.05, 4.69) is 10.3 Å².